The highest BCUT2D eigenvalue weighted by molar-refractivity contribution is 7.19. The molecule has 190 valence electrons. The maximum absolute atomic E-state index is 13.9. The molecule has 0 bridgehead atoms. The van der Waals surface area contributed by atoms with Gasteiger partial charge in [-0.3, -0.25) is 19.5 Å². The van der Waals surface area contributed by atoms with Gasteiger partial charge >= 0.3 is 0 Å². The lowest BCUT2D eigenvalue weighted by molar-refractivity contribution is 0.102. The fraction of sp³-hybridized carbons (Fsp3) is 0.0323. The lowest BCUT2D eigenvalue weighted by Crippen LogP contribution is -2.22. The summed E-state index contributed by atoms with van der Waals surface area (Å²) in [6.45, 7) is 1.97. The molecule has 39 heavy (non-hydrogen) atoms. The van der Waals surface area contributed by atoms with Crippen LogP contribution in [0.5, 0.6) is 0 Å². The summed E-state index contributed by atoms with van der Waals surface area (Å²) in [5.74, 6) is 0.115. The van der Waals surface area contributed by atoms with Gasteiger partial charge in [0.25, 0.3) is 11.5 Å². The summed E-state index contributed by atoms with van der Waals surface area (Å²) < 4.78 is 1.52. The van der Waals surface area contributed by atoms with Crippen molar-refractivity contribution in [2.75, 3.05) is 5.32 Å². The zero-order chi connectivity index (χ0) is 26.9. The maximum atomic E-state index is 13.9. The van der Waals surface area contributed by atoms with E-state index in [1.807, 2.05) is 73.7 Å². The fourth-order valence-electron chi connectivity index (χ4n) is 4.33. The number of benzene rings is 4. The van der Waals surface area contributed by atoms with E-state index in [0.717, 1.165) is 11.1 Å². The van der Waals surface area contributed by atoms with Gasteiger partial charge in [-0.15, -0.1) is 0 Å². The Hall–Kier alpha value is -4.59. The van der Waals surface area contributed by atoms with E-state index in [1.165, 1.54) is 15.9 Å². The number of amides is 1. The molecule has 1 amide bonds. The van der Waals surface area contributed by atoms with Crippen LogP contribution < -0.4 is 10.9 Å². The number of aryl methyl sites for hydroxylation is 1. The molecule has 0 unspecified atom stereocenters. The van der Waals surface area contributed by atoms with Crippen molar-refractivity contribution in [3.63, 3.8) is 0 Å². The van der Waals surface area contributed by atoms with E-state index in [4.69, 9.17) is 21.6 Å². The number of nitrogens with one attached hydrogen (secondary N) is 1. The van der Waals surface area contributed by atoms with Crippen molar-refractivity contribution in [3.05, 3.63) is 130 Å². The topological polar surface area (TPSA) is 76.9 Å². The minimum Gasteiger partial charge on any atom is -0.298 e. The highest BCUT2D eigenvalue weighted by Crippen LogP contribution is 2.39. The summed E-state index contributed by atoms with van der Waals surface area (Å²) in [5, 5.41) is 4.20. The first-order valence-electron chi connectivity index (χ1n) is 12.2. The number of carbonyl (C=O) groups excluding carboxylic acids is 1. The number of hydrogen-bond donors (Lipinski definition) is 1. The largest absolute Gasteiger partial charge is 0.298 e. The molecule has 6 nitrogen and oxygen atoms in total. The summed E-state index contributed by atoms with van der Waals surface area (Å²) in [6.07, 6.45) is 0. The molecule has 6 aromatic rings. The van der Waals surface area contributed by atoms with Crippen LogP contribution in [0, 0.1) is 6.92 Å². The molecule has 0 atom stereocenters. The van der Waals surface area contributed by atoms with E-state index in [9.17, 15) is 9.59 Å². The van der Waals surface area contributed by atoms with Gasteiger partial charge in [-0.2, -0.15) is 0 Å². The maximum Gasteiger partial charge on any atom is 0.266 e. The third-order valence-electron chi connectivity index (χ3n) is 6.28. The number of thiazole rings is 1. The minimum atomic E-state index is -0.273. The highest BCUT2D eigenvalue weighted by Gasteiger charge is 2.24. The average molecular weight is 549 g/mol. The molecule has 0 fully saturated rings. The molecule has 1 N–H and O–H groups in total. The monoisotopic (exact) mass is 548 g/mol. The summed E-state index contributed by atoms with van der Waals surface area (Å²) in [4.78, 5) is 37.3. The molecule has 4 aromatic carbocycles. The number of carbonyl (C=O) groups is 1. The first-order chi connectivity index (χ1) is 19.0. The van der Waals surface area contributed by atoms with Crippen molar-refractivity contribution < 1.29 is 4.79 Å². The van der Waals surface area contributed by atoms with Crippen LogP contribution in [0.4, 0.5) is 5.13 Å². The molecule has 2 aromatic heterocycles. The molecule has 0 aliphatic carbocycles. The third-order valence-corrected chi connectivity index (χ3v) is 7.57. The van der Waals surface area contributed by atoms with Gasteiger partial charge in [0.2, 0.25) is 0 Å². The van der Waals surface area contributed by atoms with Crippen LogP contribution in [0.15, 0.2) is 108 Å². The van der Waals surface area contributed by atoms with Crippen molar-refractivity contribution in [1.29, 1.82) is 0 Å². The highest BCUT2D eigenvalue weighted by atomic mass is 35.5. The Balaban J connectivity index is 1.59. The molecule has 0 spiro atoms. The average Bonchev–Trinajstić information content (AvgIpc) is 3.38. The number of rotatable bonds is 5. The molecule has 0 radical (unpaired) electrons. The lowest BCUT2D eigenvalue weighted by atomic mass is 10.1. The van der Waals surface area contributed by atoms with Crippen LogP contribution in [0.3, 0.4) is 0 Å². The quantitative estimate of drug-likeness (QED) is 0.244. The molecule has 0 aliphatic rings. The zero-order valence-corrected chi connectivity index (χ0v) is 22.3. The molecule has 0 saturated heterocycles. The van der Waals surface area contributed by atoms with Crippen molar-refractivity contribution >= 4 is 44.9 Å². The van der Waals surface area contributed by atoms with Crippen LogP contribution in [0.25, 0.3) is 38.5 Å². The van der Waals surface area contributed by atoms with Crippen molar-refractivity contribution in [3.8, 4) is 27.6 Å². The van der Waals surface area contributed by atoms with Gasteiger partial charge in [-0.1, -0.05) is 95.2 Å². The molecule has 0 saturated carbocycles. The summed E-state index contributed by atoms with van der Waals surface area (Å²) in [6, 6.07) is 31.3. The number of anilines is 1. The first kappa shape index (κ1) is 24.7. The van der Waals surface area contributed by atoms with E-state index in [-0.39, 0.29) is 11.5 Å². The minimum absolute atomic E-state index is 0.249. The fourth-order valence-corrected chi connectivity index (χ4v) is 5.52. The Morgan fingerprint density at radius 2 is 1.54 bits per heavy atom. The number of fused-ring (bicyclic) bond motifs is 1. The number of halogens is 1. The predicted octanol–water partition coefficient (Wildman–Crippen LogP) is 7.39. The van der Waals surface area contributed by atoms with E-state index < -0.39 is 0 Å². The van der Waals surface area contributed by atoms with E-state index in [0.29, 0.717) is 48.7 Å². The van der Waals surface area contributed by atoms with Crippen molar-refractivity contribution in [2.45, 2.75) is 6.92 Å². The molecule has 2 heterocycles. The first-order valence-corrected chi connectivity index (χ1v) is 13.4. The van der Waals surface area contributed by atoms with Crippen LogP contribution in [-0.4, -0.2) is 20.4 Å². The van der Waals surface area contributed by atoms with Crippen molar-refractivity contribution in [1.82, 2.24) is 14.5 Å². The van der Waals surface area contributed by atoms with Gasteiger partial charge in [-0.05, 0) is 43.3 Å². The van der Waals surface area contributed by atoms with E-state index in [1.54, 1.807) is 36.4 Å². The van der Waals surface area contributed by atoms with Crippen LogP contribution in [-0.2, 0) is 0 Å². The SMILES string of the molecule is Cc1ccc(C(=O)Nc2nc(-c3ccccc3)c(-c3nc4ccccc4c(=O)n3-c3ccccc3Cl)s2)cc1. The second-order valence-corrected chi connectivity index (χ2v) is 10.3. The summed E-state index contributed by atoms with van der Waals surface area (Å²) >= 11 is 7.85. The smallest absolute Gasteiger partial charge is 0.266 e. The Kier molecular flexibility index (Phi) is 6.52. The Bertz CT molecular complexity index is 1900. The second kappa shape index (κ2) is 10.3. The van der Waals surface area contributed by atoms with Gasteiger partial charge in [0.15, 0.2) is 11.0 Å². The Morgan fingerprint density at radius 3 is 2.31 bits per heavy atom. The number of nitrogens with zero attached hydrogens (tertiary/aromatic N) is 3. The van der Waals surface area contributed by atoms with E-state index >= 15 is 0 Å². The zero-order valence-electron chi connectivity index (χ0n) is 20.8. The van der Waals surface area contributed by atoms with Crippen molar-refractivity contribution in [2.24, 2.45) is 0 Å². The summed E-state index contributed by atoms with van der Waals surface area (Å²) in [7, 11) is 0. The Morgan fingerprint density at radius 1 is 0.846 bits per heavy atom. The molecule has 8 heteroatoms. The van der Waals surface area contributed by atoms with Gasteiger partial charge in [-0.25, -0.2) is 9.97 Å². The number of para-hydroxylation sites is 2. The van der Waals surface area contributed by atoms with Gasteiger partial charge in [0, 0.05) is 11.1 Å². The summed E-state index contributed by atoms with van der Waals surface area (Å²) in [5.41, 5.74) is 3.83. The van der Waals surface area contributed by atoms with Gasteiger partial charge in [0.1, 0.15) is 4.88 Å². The molecular weight excluding hydrogens is 528 g/mol. The van der Waals surface area contributed by atoms with Crippen LogP contribution >= 0.6 is 22.9 Å². The third kappa shape index (κ3) is 4.74. The molecule has 6 rings (SSSR count). The number of aromatic nitrogens is 3. The lowest BCUT2D eigenvalue weighted by Gasteiger charge is -2.14. The standard InChI is InChI=1S/C31H21ClN4O2S/c1-19-15-17-21(18-16-19)29(37)35-31-34-26(20-9-3-2-4-10-20)27(39-31)28-33-24-13-7-5-11-22(24)30(38)36(28)25-14-8-6-12-23(25)32/h2-18H,1H3,(H,34,35,37). The normalized spacial score (nSPS) is 11.0. The van der Waals surface area contributed by atoms with Crippen LogP contribution in [0.2, 0.25) is 5.02 Å². The van der Waals surface area contributed by atoms with Gasteiger partial charge in [0.05, 0.1) is 27.3 Å². The van der Waals surface area contributed by atoms with Crippen LogP contribution in [0.1, 0.15) is 15.9 Å². The van der Waals surface area contributed by atoms with Gasteiger partial charge < -0.3 is 0 Å². The molecular formula is C31H21ClN4O2S. The predicted molar refractivity (Wildman–Crippen MR) is 158 cm³/mol. The van der Waals surface area contributed by atoms with E-state index in [2.05, 4.69) is 5.32 Å². The number of hydrogen-bond acceptors (Lipinski definition) is 5. The second-order valence-electron chi connectivity index (χ2n) is 8.93. The Labute approximate surface area is 233 Å². The molecule has 0 aliphatic heterocycles.